The van der Waals surface area contributed by atoms with Gasteiger partial charge in [-0.1, -0.05) is 19.1 Å². The average molecular weight is 450 g/mol. The van der Waals surface area contributed by atoms with E-state index in [1.807, 2.05) is 36.1 Å². The molecule has 2 N–H and O–H groups in total. The van der Waals surface area contributed by atoms with Crippen LogP contribution >= 0.6 is 0 Å². The minimum atomic E-state index is -0.162. The molecule has 2 aliphatic rings. The molecule has 1 spiro atoms. The third-order valence-electron chi connectivity index (χ3n) is 7.20. The van der Waals surface area contributed by atoms with Crippen molar-refractivity contribution >= 4 is 16.8 Å². The number of likely N-dealkylation sites (tertiary alicyclic amines) is 1. The quantitative estimate of drug-likeness (QED) is 0.604. The highest BCUT2D eigenvalue weighted by atomic mass is 16.5. The number of aliphatic hydroxyl groups excluding tert-OH is 1. The number of hydrogen-bond acceptors (Lipinski definition) is 5. The molecule has 2 aliphatic heterocycles. The molecular formula is C26H31N3O4. The summed E-state index contributed by atoms with van der Waals surface area (Å²) in [5, 5.41) is 11.6. The second-order valence-corrected chi connectivity index (χ2v) is 9.16. The van der Waals surface area contributed by atoms with E-state index in [0.717, 1.165) is 40.2 Å². The van der Waals surface area contributed by atoms with Crippen LogP contribution in [0.2, 0.25) is 0 Å². The molecule has 7 heteroatoms. The lowest BCUT2D eigenvalue weighted by molar-refractivity contribution is -0.140. The van der Waals surface area contributed by atoms with Crippen molar-refractivity contribution in [2.45, 2.75) is 31.3 Å². The molecular weight excluding hydrogens is 418 g/mol. The van der Waals surface area contributed by atoms with Gasteiger partial charge in [-0.05, 0) is 35.4 Å². The third kappa shape index (κ3) is 3.56. The fourth-order valence-corrected chi connectivity index (χ4v) is 5.59. The lowest BCUT2D eigenvalue weighted by Crippen LogP contribution is -2.67. The van der Waals surface area contributed by atoms with Crippen LogP contribution in [-0.2, 0) is 16.8 Å². The molecule has 174 valence electrons. The van der Waals surface area contributed by atoms with Gasteiger partial charge in [-0.25, -0.2) is 0 Å². The number of carbonyl (C=O) groups is 1. The summed E-state index contributed by atoms with van der Waals surface area (Å²) < 4.78 is 10.7. The Morgan fingerprint density at radius 2 is 1.79 bits per heavy atom. The van der Waals surface area contributed by atoms with Gasteiger partial charge in [-0.2, -0.15) is 0 Å². The molecule has 0 radical (unpaired) electrons. The van der Waals surface area contributed by atoms with E-state index >= 15 is 0 Å². The predicted octanol–water partition coefficient (Wildman–Crippen LogP) is 3.22. The first kappa shape index (κ1) is 21.8. The van der Waals surface area contributed by atoms with Gasteiger partial charge in [-0.3, -0.25) is 9.69 Å². The van der Waals surface area contributed by atoms with Gasteiger partial charge in [0.2, 0.25) is 5.91 Å². The van der Waals surface area contributed by atoms with Gasteiger partial charge < -0.3 is 24.5 Å². The molecule has 1 aromatic heterocycles. The molecule has 0 aliphatic carbocycles. The fraction of sp³-hybridized carbons (Fsp3) is 0.423. The predicted molar refractivity (Wildman–Crippen MR) is 127 cm³/mol. The van der Waals surface area contributed by atoms with Crippen LogP contribution in [0.25, 0.3) is 10.9 Å². The van der Waals surface area contributed by atoms with Crippen molar-refractivity contribution in [1.82, 2.24) is 14.8 Å². The summed E-state index contributed by atoms with van der Waals surface area (Å²) in [6.07, 6.45) is 0.517. The summed E-state index contributed by atoms with van der Waals surface area (Å²) in [4.78, 5) is 20.3. The van der Waals surface area contributed by atoms with Crippen molar-refractivity contribution in [2.75, 3.05) is 40.5 Å². The zero-order chi connectivity index (χ0) is 23.2. The smallest absolute Gasteiger partial charge is 0.222 e. The maximum Gasteiger partial charge on any atom is 0.222 e. The number of benzene rings is 2. The molecule has 7 nitrogen and oxygen atoms in total. The molecule has 0 unspecified atom stereocenters. The Labute approximate surface area is 193 Å². The van der Waals surface area contributed by atoms with E-state index < -0.39 is 0 Å². The van der Waals surface area contributed by atoms with Crippen LogP contribution in [-0.4, -0.2) is 66.3 Å². The maximum absolute atomic E-state index is 12.4. The van der Waals surface area contributed by atoms with Crippen LogP contribution in [0.15, 0.2) is 42.5 Å². The van der Waals surface area contributed by atoms with Gasteiger partial charge in [-0.15, -0.1) is 0 Å². The molecule has 2 aromatic carbocycles. The van der Waals surface area contributed by atoms with E-state index in [9.17, 15) is 9.90 Å². The normalized spacial score (nSPS) is 19.4. The van der Waals surface area contributed by atoms with Crippen molar-refractivity contribution in [3.05, 3.63) is 59.3 Å². The number of aromatic nitrogens is 1. The fourth-order valence-electron chi connectivity index (χ4n) is 5.59. The Morgan fingerprint density at radius 3 is 2.42 bits per heavy atom. The number of nitrogens with zero attached hydrogens (tertiary/aromatic N) is 2. The standard InChI is InChI=1S/C26H31N3O4/c1-4-23(31)29-15-26(16-29)14-28(12-17-5-7-18(32-2)8-6-17)22(13-30)25-24(26)20-10-9-19(33-3)11-21(20)27-25/h5-11,22,27,30H,4,12-16H2,1-3H3/t22-/m1/s1. The summed E-state index contributed by atoms with van der Waals surface area (Å²) in [7, 11) is 3.33. The number of aromatic amines is 1. The summed E-state index contributed by atoms with van der Waals surface area (Å²) in [5.74, 6) is 1.81. The number of ether oxygens (including phenoxy) is 2. The summed E-state index contributed by atoms with van der Waals surface area (Å²) >= 11 is 0. The average Bonchev–Trinajstić information content (AvgIpc) is 3.20. The van der Waals surface area contributed by atoms with Gasteiger partial charge in [0, 0.05) is 60.7 Å². The lowest BCUT2D eigenvalue weighted by Gasteiger charge is -2.56. The molecule has 0 saturated carbocycles. The van der Waals surface area contributed by atoms with Gasteiger partial charge in [0.15, 0.2) is 0 Å². The number of rotatable bonds is 6. The molecule has 1 fully saturated rings. The summed E-state index contributed by atoms with van der Waals surface area (Å²) in [5.41, 5.74) is 4.29. The zero-order valence-electron chi connectivity index (χ0n) is 19.4. The van der Waals surface area contributed by atoms with Crippen molar-refractivity contribution in [1.29, 1.82) is 0 Å². The summed E-state index contributed by atoms with van der Waals surface area (Å²) in [6.45, 7) is 4.81. The highest BCUT2D eigenvalue weighted by Gasteiger charge is 2.53. The second-order valence-electron chi connectivity index (χ2n) is 9.16. The van der Waals surface area contributed by atoms with Crippen molar-refractivity contribution in [3.63, 3.8) is 0 Å². The molecule has 0 bridgehead atoms. The van der Waals surface area contributed by atoms with E-state index in [2.05, 4.69) is 28.1 Å². The Morgan fingerprint density at radius 1 is 1.09 bits per heavy atom. The monoisotopic (exact) mass is 449 g/mol. The summed E-state index contributed by atoms with van der Waals surface area (Å²) in [6, 6.07) is 14.0. The van der Waals surface area contributed by atoms with E-state index in [4.69, 9.17) is 9.47 Å². The minimum Gasteiger partial charge on any atom is -0.497 e. The van der Waals surface area contributed by atoms with E-state index in [-0.39, 0.29) is 24.0 Å². The van der Waals surface area contributed by atoms with Crippen LogP contribution in [0.4, 0.5) is 0 Å². The van der Waals surface area contributed by atoms with Crippen LogP contribution < -0.4 is 9.47 Å². The SMILES string of the molecule is CCC(=O)N1CC2(C1)CN(Cc1ccc(OC)cc1)[C@H](CO)c1[nH]c3cc(OC)ccc3c12. The Hall–Kier alpha value is -3.03. The number of fused-ring (bicyclic) bond motifs is 4. The number of hydrogen-bond donors (Lipinski definition) is 2. The molecule has 3 heterocycles. The van der Waals surface area contributed by atoms with Crippen LogP contribution in [0.3, 0.4) is 0 Å². The van der Waals surface area contributed by atoms with E-state index in [1.54, 1.807) is 14.2 Å². The van der Waals surface area contributed by atoms with Gasteiger partial charge in [0.25, 0.3) is 0 Å². The molecule has 1 saturated heterocycles. The first-order chi connectivity index (χ1) is 16.0. The molecule has 1 atom stereocenters. The largest absolute Gasteiger partial charge is 0.497 e. The maximum atomic E-state index is 12.4. The Bertz CT molecular complexity index is 1160. The number of amides is 1. The Kier molecular flexibility index (Phi) is 5.54. The number of nitrogens with one attached hydrogen (secondary N) is 1. The van der Waals surface area contributed by atoms with Crippen molar-refractivity contribution in [2.24, 2.45) is 0 Å². The first-order valence-electron chi connectivity index (χ1n) is 11.5. The van der Waals surface area contributed by atoms with E-state index in [1.165, 1.54) is 5.56 Å². The number of carbonyl (C=O) groups excluding carboxylic acids is 1. The lowest BCUT2D eigenvalue weighted by atomic mass is 9.68. The van der Waals surface area contributed by atoms with Gasteiger partial charge in [0.1, 0.15) is 11.5 Å². The first-order valence-corrected chi connectivity index (χ1v) is 11.5. The molecule has 1 amide bonds. The van der Waals surface area contributed by atoms with Gasteiger partial charge in [0.05, 0.1) is 26.9 Å². The van der Waals surface area contributed by atoms with Crippen LogP contribution in [0.5, 0.6) is 11.5 Å². The molecule has 3 aromatic rings. The van der Waals surface area contributed by atoms with Crippen molar-refractivity contribution in [3.8, 4) is 11.5 Å². The van der Waals surface area contributed by atoms with Crippen LogP contribution in [0, 0.1) is 0 Å². The second kappa shape index (κ2) is 8.39. The number of aliphatic hydroxyl groups is 1. The Balaban J connectivity index is 1.57. The highest BCUT2D eigenvalue weighted by Crippen LogP contribution is 2.49. The van der Waals surface area contributed by atoms with Gasteiger partial charge >= 0.3 is 0 Å². The third-order valence-corrected chi connectivity index (χ3v) is 7.20. The zero-order valence-corrected chi connectivity index (χ0v) is 19.4. The highest BCUT2D eigenvalue weighted by molar-refractivity contribution is 5.89. The van der Waals surface area contributed by atoms with E-state index in [0.29, 0.717) is 26.1 Å². The number of methoxy groups -OCH3 is 2. The van der Waals surface area contributed by atoms with Crippen molar-refractivity contribution < 1.29 is 19.4 Å². The molecule has 5 rings (SSSR count). The number of H-pyrrole nitrogens is 1. The van der Waals surface area contributed by atoms with Crippen LogP contribution in [0.1, 0.15) is 36.2 Å². The minimum absolute atomic E-state index is 0.0147. The topological polar surface area (TPSA) is 78.0 Å². The molecule has 33 heavy (non-hydrogen) atoms.